The van der Waals surface area contributed by atoms with Crippen molar-refractivity contribution < 1.29 is 14.0 Å². The van der Waals surface area contributed by atoms with Gasteiger partial charge >= 0.3 is 7.12 Å². The normalized spacial score (nSPS) is 14.8. The lowest BCUT2D eigenvalue weighted by atomic mass is 9.79. The monoisotopic (exact) mass is 667 g/mol. The van der Waals surface area contributed by atoms with E-state index in [1.165, 1.54) is 22.3 Å². The molecule has 0 spiro atoms. The SMILES string of the molecule is CC1(C)OB(c2ccc(COc3ccccc3C=Nc3ccc(C(=C(c4ccccc4)c4ccccc4)c4ccccc4)cc3)cc2)OC1(C)C. The number of rotatable bonds is 10. The fourth-order valence-electron chi connectivity index (χ4n) is 6.21. The van der Waals surface area contributed by atoms with Crippen molar-refractivity contribution in [2.75, 3.05) is 0 Å². The van der Waals surface area contributed by atoms with Gasteiger partial charge in [0.05, 0.1) is 16.9 Å². The summed E-state index contributed by atoms with van der Waals surface area (Å²) < 4.78 is 18.7. The minimum Gasteiger partial charge on any atom is -0.488 e. The molecule has 6 aromatic carbocycles. The Balaban J connectivity index is 1.11. The maximum atomic E-state index is 6.29. The average Bonchev–Trinajstić information content (AvgIpc) is 3.39. The molecule has 1 fully saturated rings. The third kappa shape index (κ3) is 7.66. The first kappa shape index (κ1) is 34.0. The number of nitrogens with zero attached hydrogens (tertiary/aromatic N) is 1. The summed E-state index contributed by atoms with van der Waals surface area (Å²) in [5.41, 5.74) is 10.1. The largest absolute Gasteiger partial charge is 0.494 e. The summed E-state index contributed by atoms with van der Waals surface area (Å²) in [4.78, 5) is 4.86. The van der Waals surface area contributed by atoms with Crippen molar-refractivity contribution in [2.45, 2.75) is 45.5 Å². The van der Waals surface area contributed by atoms with E-state index in [1.807, 2.05) is 30.5 Å². The number of para-hydroxylation sites is 1. The molecule has 51 heavy (non-hydrogen) atoms. The van der Waals surface area contributed by atoms with Gasteiger partial charge in [-0.3, -0.25) is 4.99 Å². The van der Waals surface area contributed by atoms with Gasteiger partial charge in [0.2, 0.25) is 0 Å². The van der Waals surface area contributed by atoms with Crippen LogP contribution in [0, 0.1) is 0 Å². The molecule has 1 heterocycles. The zero-order valence-corrected chi connectivity index (χ0v) is 29.6. The van der Waals surface area contributed by atoms with Gasteiger partial charge in [-0.15, -0.1) is 0 Å². The molecule has 0 radical (unpaired) electrons. The van der Waals surface area contributed by atoms with Crippen LogP contribution in [0.25, 0.3) is 11.1 Å². The van der Waals surface area contributed by atoms with Crippen molar-refractivity contribution in [1.82, 2.24) is 0 Å². The second-order valence-electron chi connectivity index (χ2n) is 13.8. The predicted molar refractivity (Wildman–Crippen MR) is 211 cm³/mol. The topological polar surface area (TPSA) is 40.0 Å². The summed E-state index contributed by atoms with van der Waals surface area (Å²) in [5.74, 6) is 0.776. The molecule has 0 atom stereocenters. The van der Waals surface area contributed by atoms with Crippen LogP contribution in [-0.2, 0) is 15.9 Å². The Morgan fingerprint density at radius 1 is 0.549 bits per heavy atom. The lowest BCUT2D eigenvalue weighted by molar-refractivity contribution is 0.00578. The third-order valence-corrected chi connectivity index (χ3v) is 9.76. The molecule has 0 unspecified atom stereocenters. The molecule has 0 bridgehead atoms. The molecule has 6 aromatic rings. The van der Waals surface area contributed by atoms with E-state index < -0.39 is 0 Å². The summed E-state index contributed by atoms with van der Waals surface area (Å²) in [6, 6.07) is 56.6. The van der Waals surface area contributed by atoms with E-state index >= 15 is 0 Å². The third-order valence-electron chi connectivity index (χ3n) is 9.76. The number of aliphatic imine (C=N–C) groups is 1. The molecule has 252 valence electrons. The summed E-state index contributed by atoms with van der Waals surface area (Å²) >= 11 is 0. The summed E-state index contributed by atoms with van der Waals surface area (Å²) in [6.07, 6.45) is 1.87. The van der Waals surface area contributed by atoms with Crippen LogP contribution < -0.4 is 10.2 Å². The molecule has 1 aliphatic rings. The van der Waals surface area contributed by atoms with Gasteiger partial charge in [-0.1, -0.05) is 140 Å². The van der Waals surface area contributed by atoms with E-state index in [0.29, 0.717) is 6.61 Å². The smallest absolute Gasteiger partial charge is 0.488 e. The summed E-state index contributed by atoms with van der Waals surface area (Å²) in [7, 11) is -0.383. The van der Waals surface area contributed by atoms with Crippen LogP contribution in [0.3, 0.4) is 0 Å². The van der Waals surface area contributed by atoms with E-state index in [2.05, 4.69) is 167 Å². The molecule has 7 rings (SSSR count). The highest BCUT2D eigenvalue weighted by molar-refractivity contribution is 6.62. The highest BCUT2D eigenvalue weighted by Crippen LogP contribution is 2.38. The van der Waals surface area contributed by atoms with Gasteiger partial charge in [0.1, 0.15) is 12.4 Å². The number of hydrogen-bond acceptors (Lipinski definition) is 4. The van der Waals surface area contributed by atoms with Gasteiger partial charge in [0, 0.05) is 11.8 Å². The van der Waals surface area contributed by atoms with Gasteiger partial charge in [0.15, 0.2) is 0 Å². The maximum Gasteiger partial charge on any atom is 0.494 e. The molecule has 1 aliphatic heterocycles. The van der Waals surface area contributed by atoms with Crippen LogP contribution in [0.2, 0.25) is 0 Å². The Morgan fingerprint density at radius 3 is 1.51 bits per heavy atom. The Kier molecular flexibility index (Phi) is 9.85. The van der Waals surface area contributed by atoms with Gasteiger partial charge in [-0.2, -0.15) is 0 Å². The van der Waals surface area contributed by atoms with Crippen LogP contribution in [0.5, 0.6) is 5.75 Å². The maximum absolute atomic E-state index is 6.29. The number of ether oxygens (including phenoxy) is 1. The molecule has 1 saturated heterocycles. The lowest BCUT2D eigenvalue weighted by Gasteiger charge is -2.32. The molecule has 5 heteroatoms. The fourth-order valence-corrected chi connectivity index (χ4v) is 6.21. The summed E-state index contributed by atoms with van der Waals surface area (Å²) in [5, 5.41) is 0. The van der Waals surface area contributed by atoms with Crippen molar-refractivity contribution in [1.29, 1.82) is 0 Å². The van der Waals surface area contributed by atoms with Crippen molar-refractivity contribution in [3.63, 3.8) is 0 Å². The zero-order chi connectivity index (χ0) is 35.3. The van der Waals surface area contributed by atoms with E-state index in [1.54, 1.807) is 0 Å². The van der Waals surface area contributed by atoms with Crippen LogP contribution >= 0.6 is 0 Å². The van der Waals surface area contributed by atoms with Crippen LogP contribution in [0.4, 0.5) is 5.69 Å². The highest BCUT2D eigenvalue weighted by atomic mass is 16.7. The minimum absolute atomic E-state index is 0.372. The molecular formula is C46H42BNO3. The van der Waals surface area contributed by atoms with E-state index in [-0.39, 0.29) is 18.3 Å². The quantitative estimate of drug-likeness (QED) is 0.0830. The molecule has 0 amide bonds. The van der Waals surface area contributed by atoms with Crippen LogP contribution in [0.1, 0.15) is 61.1 Å². The van der Waals surface area contributed by atoms with Crippen molar-refractivity contribution in [2.24, 2.45) is 4.99 Å². The van der Waals surface area contributed by atoms with E-state index in [0.717, 1.165) is 39.2 Å². The van der Waals surface area contributed by atoms with Crippen LogP contribution in [-0.4, -0.2) is 24.5 Å². The Morgan fingerprint density at radius 2 is 1.00 bits per heavy atom. The molecular weight excluding hydrogens is 625 g/mol. The lowest BCUT2D eigenvalue weighted by Crippen LogP contribution is -2.41. The van der Waals surface area contributed by atoms with Crippen molar-refractivity contribution in [3.05, 3.63) is 197 Å². The molecule has 0 aliphatic carbocycles. The average molecular weight is 668 g/mol. The first-order valence-electron chi connectivity index (χ1n) is 17.5. The van der Waals surface area contributed by atoms with E-state index in [4.69, 9.17) is 19.0 Å². The Bertz CT molecular complexity index is 2070. The fraction of sp³-hybridized carbons (Fsp3) is 0.152. The molecule has 0 N–H and O–H groups in total. The Labute approximate surface area is 302 Å². The number of hydrogen-bond donors (Lipinski definition) is 0. The second kappa shape index (κ2) is 14.8. The highest BCUT2D eigenvalue weighted by Gasteiger charge is 2.51. The van der Waals surface area contributed by atoms with Crippen LogP contribution in [0.15, 0.2) is 169 Å². The summed E-state index contributed by atoms with van der Waals surface area (Å²) in [6.45, 7) is 8.71. The standard InChI is InChI=1S/C46H42BNO3/c1-45(2)46(3,4)51-47(50-45)40-28-24-34(25-29-40)33-49-42-23-15-14-22-39(42)32-48-41-30-26-38(27-31-41)44(37-20-12-7-13-21-37)43(35-16-8-5-9-17-35)36-18-10-6-11-19-36/h5-32H,33H2,1-4H3. The van der Waals surface area contributed by atoms with Gasteiger partial charge < -0.3 is 14.0 Å². The van der Waals surface area contributed by atoms with Gasteiger partial charge in [-0.25, -0.2) is 0 Å². The van der Waals surface area contributed by atoms with Crippen molar-refractivity contribution >= 4 is 35.6 Å². The predicted octanol–water partition coefficient (Wildman–Crippen LogP) is 10.3. The molecule has 4 nitrogen and oxygen atoms in total. The van der Waals surface area contributed by atoms with Gasteiger partial charge in [-0.05, 0) is 96.4 Å². The molecule has 0 aromatic heterocycles. The second-order valence-corrected chi connectivity index (χ2v) is 13.8. The van der Waals surface area contributed by atoms with E-state index in [9.17, 15) is 0 Å². The minimum atomic E-state index is -0.383. The van der Waals surface area contributed by atoms with Crippen molar-refractivity contribution in [3.8, 4) is 5.75 Å². The van der Waals surface area contributed by atoms with Gasteiger partial charge in [0.25, 0.3) is 0 Å². The zero-order valence-electron chi connectivity index (χ0n) is 29.6. The Hall–Kier alpha value is -5.49. The molecule has 0 saturated carbocycles. The first-order valence-corrected chi connectivity index (χ1v) is 17.5. The number of benzene rings is 6. The first-order chi connectivity index (χ1) is 24.8.